The van der Waals surface area contributed by atoms with Crippen molar-refractivity contribution in [3.05, 3.63) is 18.0 Å². The number of nitrogens with zero attached hydrogens (tertiary/aromatic N) is 2. The third-order valence-electron chi connectivity index (χ3n) is 4.99. The van der Waals surface area contributed by atoms with Gasteiger partial charge < -0.3 is 0 Å². The van der Waals surface area contributed by atoms with Gasteiger partial charge in [-0.05, 0) is 44.6 Å². The molecule has 1 unspecified atom stereocenters. The minimum absolute atomic E-state index is 0.364. The number of hydrogen-bond donors (Lipinski definition) is 2. The second kappa shape index (κ2) is 7.95. The highest BCUT2D eigenvalue weighted by atomic mass is 15.3. The van der Waals surface area contributed by atoms with Crippen molar-refractivity contribution in [2.75, 3.05) is 0 Å². The molecule has 1 aliphatic rings. The van der Waals surface area contributed by atoms with Crippen LogP contribution in [0.1, 0.15) is 71.0 Å². The van der Waals surface area contributed by atoms with E-state index in [1.54, 1.807) is 0 Å². The van der Waals surface area contributed by atoms with Crippen LogP contribution in [-0.2, 0) is 6.42 Å². The maximum absolute atomic E-state index is 5.83. The van der Waals surface area contributed by atoms with Gasteiger partial charge in [-0.2, -0.15) is 5.10 Å². The van der Waals surface area contributed by atoms with Gasteiger partial charge in [-0.3, -0.25) is 16.0 Å². The lowest BCUT2D eigenvalue weighted by atomic mass is 9.76. The minimum Gasteiger partial charge on any atom is -0.271 e. The van der Waals surface area contributed by atoms with Gasteiger partial charge in [0.1, 0.15) is 0 Å². The van der Waals surface area contributed by atoms with E-state index in [9.17, 15) is 0 Å². The van der Waals surface area contributed by atoms with E-state index in [1.165, 1.54) is 38.5 Å². The van der Waals surface area contributed by atoms with Crippen LogP contribution in [0.2, 0.25) is 0 Å². The first kappa shape index (κ1) is 16.5. The summed E-state index contributed by atoms with van der Waals surface area (Å²) in [5.74, 6) is 7.48. The van der Waals surface area contributed by atoms with Crippen molar-refractivity contribution in [3.8, 4) is 0 Å². The van der Waals surface area contributed by atoms with Crippen molar-refractivity contribution in [1.82, 2.24) is 15.2 Å². The molecule has 1 aromatic rings. The van der Waals surface area contributed by atoms with Crippen molar-refractivity contribution in [2.24, 2.45) is 17.7 Å². The molecule has 0 aromatic carbocycles. The lowest BCUT2D eigenvalue weighted by Gasteiger charge is -2.33. The normalized spacial score (nSPS) is 24.4. The number of nitrogens with one attached hydrogen (secondary N) is 1. The molecule has 1 fully saturated rings. The molecule has 0 spiro atoms. The second-order valence-electron chi connectivity index (χ2n) is 6.93. The highest BCUT2D eigenvalue weighted by Crippen LogP contribution is 2.33. The van der Waals surface area contributed by atoms with E-state index in [1.807, 2.05) is 4.68 Å². The minimum atomic E-state index is 0.364. The first-order valence-electron chi connectivity index (χ1n) is 8.64. The summed E-state index contributed by atoms with van der Waals surface area (Å²) in [6, 6.07) is 2.92. The van der Waals surface area contributed by atoms with Crippen LogP contribution in [-0.4, -0.2) is 15.8 Å². The molecule has 0 bridgehead atoms. The maximum atomic E-state index is 5.83. The average Bonchev–Trinajstić information content (AvgIpc) is 2.95. The molecule has 1 saturated carbocycles. The molecule has 21 heavy (non-hydrogen) atoms. The smallest absolute Gasteiger partial charge is 0.0640 e. The van der Waals surface area contributed by atoms with Crippen LogP contribution < -0.4 is 11.3 Å². The fraction of sp³-hybridized carbons (Fsp3) is 0.824. The van der Waals surface area contributed by atoms with E-state index in [2.05, 4.69) is 43.6 Å². The SMILES string of the molecule is CCCC1CCC(C(Cc2ccn(C(C)C)n2)NN)CC1. The first-order chi connectivity index (χ1) is 10.1. The quantitative estimate of drug-likeness (QED) is 0.598. The first-order valence-corrected chi connectivity index (χ1v) is 8.64. The van der Waals surface area contributed by atoms with Crippen LogP contribution in [0.15, 0.2) is 12.3 Å². The third kappa shape index (κ3) is 4.55. The molecule has 0 saturated heterocycles. The van der Waals surface area contributed by atoms with Crippen LogP contribution in [0.25, 0.3) is 0 Å². The van der Waals surface area contributed by atoms with Crippen LogP contribution in [0.5, 0.6) is 0 Å². The van der Waals surface area contributed by atoms with Crippen molar-refractivity contribution in [3.63, 3.8) is 0 Å². The zero-order chi connectivity index (χ0) is 15.2. The predicted octanol–water partition coefficient (Wildman–Crippen LogP) is 3.44. The van der Waals surface area contributed by atoms with Crippen molar-refractivity contribution in [1.29, 1.82) is 0 Å². The highest BCUT2D eigenvalue weighted by Gasteiger charge is 2.27. The van der Waals surface area contributed by atoms with Crippen molar-refractivity contribution >= 4 is 0 Å². The van der Waals surface area contributed by atoms with E-state index >= 15 is 0 Å². The maximum Gasteiger partial charge on any atom is 0.0640 e. The van der Waals surface area contributed by atoms with Crippen molar-refractivity contribution < 1.29 is 0 Å². The molecule has 4 heteroatoms. The molecule has 0 radical (unpaired) electrons. The highest BCUT2D eigenvalue weighted by molar-refractivity contribution is 5.03. The molecule has 3 N–H and O–H groups in total. The summed E-state index contributed by atoms with van der Waals surface area (Å²) < 4.78 is 2.03. The van der Waals surface area contributed by atoms with E-state index in [0.717, 1.165) is 18.0 Å². The van der Waals surface area contributed by atoms with Gasteiger partial charge in [-0.1, -0.05) is 32.6 Å². The Hall–Kier alpha value is -0.870. The molecule has 0 amide bonds. The average molecular weight is 292 g/mol. The van der Waals surface area contributed by atoms with Gasteiger partial charge in [0, 0.05) is 24.7 Å². The number of rotatable bonds is 7. The van der Waals surface area contributed by atoms with Gasteiger partial charge in [0.2, 0.25) is 0 Å². The fourth-order valence-electron chi connectivity index (χ4n) is 3.65. The molecule has 2 rings (SSSR count). The van der Waals surface area contributed by atoms with Crippen LogP contribution in [0.3, 0.4) is 0 Å². The summed E-state index contributed by atoms with van der Waals surface area (Å²) in [6.45, 7) is 6.61. The second-order valence-corrected chi connectivity index (χ2v) is 6.93. The molecule has 0 aliphatic heterocycles. The number of hydrogen-bond acceptors (Lipinski definition) is 3. The van der Waals surface area contributed by atoms with Gasteiger partial charge in [0.15, 0.2) is 0 Å². The summed E-state index contributed by atoms with van der Waals surface area (Å²) in [5.41, 5.74) is 4.21. The molecule has 1 atom stereocenters. The monoisotopic (exact) mass is 292 g/mol. The zero-order valence-corrected chi connectivity index (χ0v) is 13.9. The Morgan fingerprint density at radius 3 is 2.57 bits per heavy atom. The summed E-state index contributed by atoms with van der Waals surface area (Å²) in [6.07, 6.45) is 11.1. The predicted molar refractivity (Wildman–Crippen MR) is 87.8 cm³/mol. The lowest BCUT2D eigenvalue weighted by Crippen LogP contribution is -2.43. The standard InChI is InChI=1S/C17H32N4/c1-4-5-14-6-8-15(9-7-14)17(19-18)12-16-10-11-21(20-16)13(2)3/h10-11,13-15,17,19H,4-9,12,18H2,1-3H3. The number of hydrazine groups is 1. The molecular weight excluding hydrogens is 260 g/mol. The molecular formula is C17H32N4. The van der Waals surface area contributed by atoms with E-state index < -0.39 is 0 Å². The van der Waals surface area contributed by atoms with Gasteiger partial charge in [-0.25, -0.2) is 0 Å². The Bertz CT molecular complexity index is 405. The Balaban J connectivity index is 1.88. The van der Waals surface area contributed by atoms with Gasteiger partial charge in [0.25, 0.3) is 0 Å². The molecule has 4 nitrogen and oxygen atoms in total. The Labute approximate surface area is 129 Å². The summed E-state index contributed by atoms with van der Waals surface area (Å²) in [4.78, 5) is 0. The zero-order valence-electron chi connectivity index (χ0n) is 13.9. The van der Waals surface area contributed by atoms with Crippen LogP contribution >= 0.6 is 0 Å². The summed E-state index contributed by atoms with van der Waals surface area (Å²) in [5, 5.41) is 4.66. The van der Waals surface area contributed by atoms with Crippen LogP contribution in [0, 0.1) is 11.8 Å². The fourth-order valence-corrected chi connectivity index (χ4v) is 3.65. The summed E-state index contributed by atoms with van der Waals surface area (Å²) in [7, 11) is 0. The van der Waals surface area contributed by atoms with Gasteiger partial charge in [-0.15, -0.1) is 0 Å². The van der Waals surface area contributed by atoms with E-state index in [0.29, 0.717) is 18.0 Å². The van der Waals surface area contributed by atoms with E-state index in [-0.39, 0.29) is 0 Å². The Kier molecular flexibility index (Phi) is 6.24. The molecule has 120 valence electrons. The Morgan fingerprint density at radius 1 is 1.33 bits per heavy atom. The molecule has 1 aliphatic carbocycles. The molecule has 1 heterocycles. The summed E-state index contributed by atoms with van der Waals surface area (Å²) >= 11 is 0. The van der Waals surface area contributed by atoms with Crippen LogP contribution in [0.4, 0.5) is 0 Å². The Morgan fingerprint density at radius 2 is 2.05 bits per heavy atom. The van der Waals surface area contributed by atoms with Crippen molar-refractivity contribution in [2.45, 2.75) is 77.8 Å². The number of aromatic nitrogens is 2. The van der Waals surface area contributed by atoms with Gasteiger partial charge in [0.05, 0.1) is 5.69 Å². The largest absolute Gasteiger partial charge is 0.271 e. The molecule has 1 aromatic heterocycles. The van der Waals surface area contributed by atoms with E-state index in [4.69, 9.17) is 5.84 Å². The third-order valence-corrected chi connectivity index (χ3v) is 4.99. The number of nitrogens with two attached hydrogens (primary N) is 1. The lowest BCUT2D eigenvalue weighted by molar-refractivity contribution is 0.212. The topological polar surface area (TPSA) is 55.9 Å². The van der Waals surface area contributed by atoms with Gasteiger partial charge >= 0.3 is 0 Å².